The van der Waals surface area contributed by atoms with Crippen molar-refractivity contribution in [1.82, 2.24) is 0 Å². The second-order valence-electron chi connectivity index (χ2n) is 5.54. The molecule has 7 heteroatoms. The molecule has 2 unspecified atom stereocenters. The van der Waals surface area contributed by atoms with Crippen molar-refractivity contribution >= 4 is 13.4 Å². The van der Waals surface area contributed by atoms with Crippen LogP contribution in [0.1, 0.15) is 40.0 Å². The number of carbonyl (C=O) groups excluding carboxylic acids is 1. The fraction of sp³-hybridized carbons (Fsp3) is 0.929. The highest BCUT2D eigenvalue weighted by molar-refractivity contribution is 7.55. The summed E-state index contributed by atoms with van der Waals surface area (Å²) < 4.78 is 35.0. The van der Waals surface area contributed by atoms with Gasteiger partial charge in [-0.1, -0.05) is 0 Å². The monoisotopic (exact) mass is 320 g/mol. The number of ether oxygens (including phenoxy) is 2. The lowest BCUT2D eigenvalue weighted by Gasteiger charge is -2.38. The molecule has 2 rings (SSSR count). The number of rotatable bonds is 6. The quantitative estimate of drug-likeness (QED) is 0.701. The molecule has 6 nitrogen and oxygen atoms in total. The average molecular weight is 320 g/mol. The van der Waals surface area contributed by atoms with Crippen molar-refractivity contribution in [3.8, 4) is 0 Å². The van der Waals surface area contributed by atoms with Crippen LogP contribution in [-0.2, 0) is 27.9 Å². The maximum atomic E-state index is 12.9. The van der Waals surface area contributed by atoms with Gasteiger partial charge in [0.15, 0.2) is 5.79 Å². The minimum Gasteiger partial charge on any atom is -0.348 e. The predicted molar refractivity (Wildman–Crippen MR) is 77.3 cm³/mol. The summed E-state index contributed by atoms with van der Waals surface area (Å²) in [6.07, 6.45) is 1.47. The summed E-state index contributed by atoms with van der Waals surface area (Å²) in [5.74, 6) is -0.711. The first-order valence-corrected chi connectivity index (χ1v) is 9.25. The van der Waals surface area contributed by atoms with Crippen molar-refractivity contribution in [1.29, 1.82) is 0 Å². The highest BCUT2D eigenvalue weighted by atomic mass is 31.2. The molecular formula is C14H25O6P. The molecule has 0 amide bonds. The molecule has 0 bridgehead atoms. The Hall–Kier alpha value is -0.260. The van der Waals surface area contributed by atoms with Crippen LogP contribution in [0.15, 0.2) is 0 Å². The van der Waals surface area contributed by atoms with Crippen LogP contribution in [0.4, 0.5) is 0 Å². The van der Waals surface area contributed by atoms with E-state index < -0.39 is 19.0 Å². The second-order valence-corrected chi connectivity index (χ2v) is 7.76. The van der Waals surface area contributed by atoms with Crippen LogP contribution in [-0.4, -0.2) is 43.7 Å². The van der Waals surface area contributed by atoms with Crippen LogP contribution in [0.2, 0.25) is 0 Å². The Morgan fingerprint density at radius 3 is 2.33 bits per heavy atom. The Bertz CT molecular complexity index is 408. The molecule has 1 saturated heterocycles. The largest absolute Gasteiger partial charge is 0.348 e. The maximum Gasteiger partial charge on any atom is 0.341 e. The van der Waals surface area contributed by atoms with E-state index >= 15 is 0 Å². The highest BCUT2D eigenvalue weighted by Crippen LogP contribution is 2.58. The lowest BCUT2D eigenvalue weighted by molar-refractivity contribution is -0.188. The Morgan fingerprint density at radius 2 is 1.81 bits per heavy atom. The van der Waals surface area contributed by atoms with E-state index in [2.05, 4.69) is 0 Å². The second kappa shape index (κ2) is 6.88. The van der Waals surface area contributed by atoms with Crippen molar-refractivity contribution in [3.05, 3.63) is 0 Å². The molecule has 0 radical (unpaired) electrons. The smallest absolute Gasteiger partial charge is 0.341 e. The third-order valence-corrected chi connectivity index (χ3v) is 6.72. The van der Waals surface area contributed by atoms with Gasteiger partial charge in [0.2, 0.25) is 0 Å². The first-order valence-electron chi connectivity index (χ1n) is 7.64. The van der Waals surface area contributed by atoms with Crippen molar-refractivity contribution in [2.45, 2.75) is 51.5 Å². The Labute approximate surface area is 126 Å². The van der Waals surface area contributed by atoms with Gasteiger partial charge in [0.1, 0.15) is 11.4 Å². The number of hydrogen-bond acceptors (Lipinski definition) is 6. The summed E-state index contributed by atoms with van der Waals surface area (Å²) in [5.41, 5.74) is -0.708. The standard InChI is InChI=1S/C14H25O6P/c1-4-19-21(16,20-5-2)13-10-11(6-7-12(13)15)14(3)17-8-9-18-14/h11,13H,4-10H2,1-3H3. The van der Waals surface area contributed by atoms with E-state index in [0.29, 0.717) is 32.5 Å². The van der Waals surface area contributed by atoms with Crippen LogP contribution in [0.5, 0.6) is 0 Å². The summed E-state index contributed by atoms with van der Waals surface area (Å²) in [4.78, 5) is 12.2. The van der Waals surface area contributed by atoms with Gasteiger partial charge in [-0.3, -0.25) is 9.36 Å². The molecule has 0 N–H and O–H groups in total. The molecule has 2 fully saturated rings. The summed E-state index contributed by atoms with van der Waals surface area (Å²) in [7, 11) is -3.42. The fourth-order valence-corrected chi connectivity index (χ4v) is 5.28. The van der Waals surface area contributed by atoms with Gasteiger partial charge >= 0.3 is 7.60 Å². The van der Waals surface area contributed by atoms with Crippen molar-refractivity contribution in [2.24, 2.45) is 5.92 Å². The van der Waals surface area contributed by atoms with E-state index in [-0.39, 0.29) is 24.9 Å². The van der Waals surface area contributed by atoms with Crippen LogP contribution >= 0.6 is 7.60 Å². The fourth-order valence-electron chi connectivity index (χ4n) is 3.13. The van der Waals surface area contributed by atoms with Gasteiger partial charge in [0.25, 0.3) is 0 Å². The van der Waals surface area contributed by atoms with Crippen LogP contribution < -0.4 is 0 Å². The summed E-state index contributed by atoms with van der Waals surface area (Å²) in [6, 6.07) is 0. The lowest BCUT2D eigenvalue weighted by atomic mass is 9.82. The van der Waals surface area contributed by atoms with Crippen molar-refractivity contribution in [3.63, 3.8) is 0 Å². The zero-order valence-corrected chi connectivity index (χ0v) is 13.9. The van der Waals surface area contributed by atoms with E-state index in [0.717, 1.165) is 0 Å². The average Bonchev–Trinajstić information content (AvgIpc) is 2.87. The molecule has 122 valence electrons. The van der Waals surface area contributed by atoms with E-state index in [4.69, 9.17) is 18.5 Å². The summed E-state index contributed by atoms with van der Waals surface area (Å²) in [6.45, 7) is 7.03. The highest BCUT2D eigenvalue weighted by Gasteiger charge is 2.50. The van der Waals surface area contributed by atoms with Gasteiger partial charge in [-0.25, -0.2) is 0 Å². The maximum absolute atomic E-state index is 12.9. The Kier molecular flexibility index (Phi) is 5.60. The zero-order chi connectivity index (χ0) is 15.5. The number of carbonyl (C=O) groups is 1. The first kappa shape index (κ1) is 17.1. The van der Waals surface area contributed by atoms with Crippen molar-refractivity contribution < 1.29 is 27.9 Å². The first-order chi connectivity index (χ1) is 9.95. The number of ketones is 1. The molecule has 1 aliphatic heterocycles. The van der Waals surface area contributed by atoms with E-state index in [1.54, 1.807) is 13.8 Å². The van der Waals surface area contributed by atoms with Gasteiger partial charge in [-0.15, -0.1) is 0 Å². The van der Waals surface area contributed by atoms with Crippen LogP contribution in [0.25, 0.3) is 0 Å². The third-order valence-electron chi connectivity index (χ3n) is 4.22. The molecule has 1 heterocycles. The van der Waals surface area contributed by atoms with Crippen molar-refractivity contribution in [2.75, 3.05) is 26.4 Å². The van der Waals surface area contributed by atoms with Crippen LogP contribution in [0, 0.1) is 5.92 Å². The number of Topliss-reactive ketones (excluding diaryl/α,β-unsaturated/α-hetero) is 1. The number of hydrogen-bond donors (Lipinski definition) is 0. The Balaban J connectivity index is 2.16. The Morgan fingerprint density at radius 1 is 1.24 bits per heavy atom. The summed E-state index contributed by atoms with van der Waals surface area (Å²) in [5, 5.41) is 0. The molecule has 1 aliphatic carbocycles. The molecule has 0 aromatic rings. The minimum atomic E-state index is -3.42. The minimum absolute atomic E-state index is 0.0249. The SMILES string of the molecule is CCOP(=O)(OCC)C1CC(C2(C)OCCO2)CCC1=O. The summed E-state index contributed by atoms with van der Waals surface area (Å²) >= 11 is 0. The third kappa shape index (κ3) is 3.57. The van der Waals surface area contributed by atoms with Crippen LogP contribution in [0.3, 0.4) is 0 Å². The molecule has 0 aromatic heterocycles. The predicted octanol–water partition coefficient (Wildman–Crippen LogP) is 2.75. The van der Waals surface area contributed by atoms with E-state index in [1.165, 1.54) is 0 Å². The molecule has 2 aliphatic rings. The molecule has 21 heavy (non-hydrogen) atoms. The normalized spacial score (nSPS) is 29.8. The van der Waals surface area contributed by atoms with Gasteiger partial charge in [0, 0.05) is 12.3 Å². The van der Waals surface area contributed by atoms with Gasteiger partial charge in [0.05, 0.1) is 26.4 Å². The van der Waals surface area contributed by atoms with Gasteiger partial charge < -0.3 is 18.5 Å². The van der Waals surface area contributed by atoms with E-state index in [1.807, 2.05) is 6.92 Å². The van der Waals surface area contributed by atoms with Gasteiger partial charge in [-0.2, -0.15) is 0 Å². The zero-order valence-electron chi connectivity index (χ0n) is 13.0. The molecule has 0 aromatic carbocycles. The lowest BCUT2D eigenvalue weighted by Crippen LogP contribution is -2.43. The van der Waals surface area contributed by atoms with Gasteiger partial charge in [-0.05, 0) is 33.6 Å². The topological polar surface area (TPSA) is 71.1 Å². The van der Waals surface area contributed by atoms with E-state index in [9.17, 15) is 9.36 Å². The molecular weight excluding hydrogens is 295 g/mol. The molecule has 2 atom stereocenters. The molecule has 1 saturated carbocycles. The molecule has 0 spiro atoms.